The van der Waals surface area contributed by atoms with Crippen molar-refractivity contribution < 1.29 is 9.59 Å². The van der Waals surface area contributed by atoms with E-state index in [0.29, 0.717) is 29.3 Å². The van der Waals surface area contributed by atoms with E-state index in [9.17, 15) is 14.9 Å². The van der Waals surface area contributed by atoms with E-state index >= 15 is 0 Å². The zero-order valence-electron chi connectivity index (χ0n) is 17.0. The van der Waals surface area contributed by atoms with E-state index in [0.717, 1.165) is 23.4 Å². The number of fused-ring (bicyclic) bond motifs is 1. The number of piperazine rings is 1. The number of nitrogens with one attached hydrogen (secondary N) is 1. The normalized spacial score (nSPS) is 15.0. The number of hydrogen-bond acceptors (Lipinski definition) is 6. The molecule has 0 unspecified atom stereocenters. The van der Waals surface area contributed by atoms with Crippen LogP contribution < -0.4 is 5.32 Å². The number of nitriles is 1. The Kier molecular flexibility index (Phi) is 6.07. The number of likely N-dealkylation sites (N-methyl/N-ethyl adjacent to an activating group) is 1. The Bertz CT molecular complexity index is 1190. The third kappa shape index (κ3) is 4.79. The molecule has 8 heteroatoms. The molecule has 1 N–H and O–H groups in total. The SMILES string of the molecule is CN1CCN(C(=O)c2ccc3nc(NC(=O)/C(C#N)=C/c4ccccc4)sc3c2)CC1. The highest BCUT2D eigenvalue weighted by Crippen LogP contribution is 2.28. The summed E-state index contributed by atoms with van der Waals surface area (Å²) in [6.45, 7) is 3.15. The lowest BCUT2D eigenvalue weighted by Gasteiger charge is -2.32. The number of nitrogens with zero attached hydrogens (tertiary/aromatic N) is 4. The minimum absolute atomic E-state index is 0.00334. The van der Waals surface area contributed by atoms with Gasteiger partial charge in [-0.15, -0.1) is 0 Å². The van der Waals surface area contributed by atoms with Crippen LogP contribution in [0, 0.1) is 11.3 Å². The molecule has 0 bridgehead atoms. The molecule has 0 aliphatic carbocycles. The van der Waals surface area contributed by atoms with Crippen molar-refractivity contribution >= 4 is 44.6 Å². The van der Waals surface area contributed by atoms with Gasteiger partial charge in [0.15, 0.2) is 5.13 Å². The lowest BCUT2D eigenvalue weighted by molar-refractivity contribution is -0.112. The fraction of sp³-hybridized carbons (Fsp3) is 0.217. The van der Waals surface area contributed by atoms with Crippen LogP contribution in [0.25, 0.3) is 16.3 Å². The van der Waals surface area contributed by atoms with E-state index in [2.05, 4.69) is 15.2 Å². The molecule has 31 heavy (non-hydrogen) atoms. The number of aromatic nitrogens is 1. The Balaban J connectivity index is 1.50. The minimum Gasteiger partial charge on any atom is -0.336 e. The Hall–Kier alpha value is -3.54. The standard InChI is InChI=1S/C23H21N5O2S/c1-27-9-11-28(12-10-27)22(30)17-7-8-19-20(14-17)31-23(25-19)26-21(29)18(15-24)13-16-5-3-2-4-6-16/h2-8,13-14H,9-12H2,1H3,(H,25,26,29)/b18-13+. The van der Waals surface area contributed by atoms with Crippen molar-refractivity contribution in [1.82, 2.24) is 14.8 Å². The Morgan fingerprint density at radius 3 is 2.58 bits per heavy atom. The van der Waals surface area contributed by atoms with E-state index in [1.807, 2.05) is 54.4 Å². The summed E-state index contributed by atoms with van der Waals surface area (Å²) in [5.74, 6) is -0.509. The van der Waals surface area contributed by atoms with Crippen LogP contribution in [0.4, 0.5) is 5.13 Å². The molecule has 1 aromatic heterocycles. The summed E-state index contributed by atoms with van der Waals surface area (Å²) >= 11 is 1.28. The molecule has 1 saturated heterocycles. The Labute approximate surface area is 184 Å². The van der Waals surface area contributed by atoms with Gasteiger partial charge in [0.25, 0.3) is 11.8 Å². The monoisotopic (exact) mass is 431 g/mol. The molecule has 1 fully saturated rings. The molecule has 4 rings (SSSR count). The summed E-state index contributed by atoms with van der Waals surface area (Å²) in [6.07, 6.45) is 1.54. The number of hydrogen-bond donors (Lipinski definition) is 1. The Morgan fingerprint density at radius 1 is 1.13 bits per heavy atom. The first-order chi connectivity index (χ1) is 15.0. The van der Waals surface area contributed by atoms with Crippen LogP contribution in [0.15, 0.2) is 54.1 Å². The molecule has 3 aromatic rings. The number of carbonyl (C=O) groups excluding carboxylic acids is 2. The van der Waals surface area contributed by atoms with E-state index in [1.54, 1.807) is 12.1 Å². The third-order valence-corrected chi connectivity index (χ3v) is 6.06. The molecule has 0 atom stereocenters. The van der Waals surface area contributed by atoms with Crippen LogP contribution in [0.5, 0.6) is 0 Å². The molecule has 1 aliphatic rings. The van der Waals surface area contributed by atoms with Gasteiger partial charge in [-0.1, -0.05) is 41.7 Å². The summed E-state index contributed by atoms with van der Waals surface area (Å²) in [7, 11) is 2.05. The van der Waals surface area contributed by atoms with Crippen LogP contribution in [-0.4, -0.2) is 59.8 Å². The highest BCUT2D eigenvalue weighted by atomic mass is 32.1. The summed E-state index contributed by atoms with van der Waals surface area (Å²) in [4.78, 5) is 33.8. The summed E-state index contributed by atoms with van der Waals surface area (Å²) < 4.78 is 0.806. The zero-order chi connectivity index (χ0) is 21.8. The summed E-state index contributed by atoms with van der Waals surface area (Å²) in [5.41, 5.74) is 2.07. The fourth-order valence-electron chi connectivity index (χ4n) is 3.33. The van der Waals surface area contributed by atoms with Gasteiger partial charge in [0.05, 0.1) is 10.2 Å². The van der Waals surface area contributed by atoms with Crippen LogP contribution in [0.3, 0.4) is 0 Å². The van der Waals surface area contributed by atoms with Crippen LogP contribution >= 0.6 is 11.3 Å². The molecular weight excluding hydrogens is 410 g/mol. The van der Waals surface area contributed by atoms with Crippen molar-refractivity contribution in [2.24, 2.45) is 0 Å². The number of carbonyl (C=O) groups is 2. The van der Waals surface area contributed by atoms with E-state index in [1.165, 1.54) is 17.4 Å². The zero-order valence-corrected chi connectivity index (χ0v) is 17.9. The van der Waals surface area contributed by atoms with Gasteiger partial charge in [-0.2, -0.15) is 5.26 Å². The van der Waals surface area contributed by atoms with E-state index in [-0.39, 0.29) is 11.5 Å². The number of benzene rings is 2. The van der Waals surface area contributed by atoms with Gasteiger partial charge in [-0.25, -0.2) is 4.98 Å². The number of anilines is 1. The van der Waals surface area contributed by atoms with E-state index in [4.69, 9.17) is 0 Å². The van der Waals surface area contributed by atoms with Crippen molar-refractivity contribution in [1.29, 1.82) is 5.26 Å². The van der Waals surface area contributed by atoms with Crippen molar-refractivity contribution in [3.63, 3.8) is 0 Å². The second-order valence-corrected chi connectivity index (χ2v) is 8.36. The summed E-state index contributed by atoms with van der Waals surface area (Å²) in [5, 5.41) is 12.5. The highest BCUT2D eigenvalue weighted by Gasteiger charge is 2.21. The maximum atomic E-state index is 12.8. The molecule has 0 radical (unpaired) electrons. The predicted molar refractivity (Wildman–Crippen MR) is 122 cm³/mol. The molecule has 0 spiro atoms. The average molecular weight is 432 g/mol. The second kappa shape index (κ2) is 9.08. The van der Waals surface area contributed by atoms with Crippen LogP contribution in [0.1, 0.15) is 15.9 Å². The quantitative estimate of drug-likeness (QED) is 0.506. The Morgan fingerprint density at radius 2 is 1.87 bits per heavy atom. The molecular formula is C23H21N5O2S. The first-order valence-corrected chi connectivity index (χ1v) is 10.7. The molecule has 2 heterocycles. The maximum Gasteiger partial charge on any atom is 0.268 e. The predicted octanol–water partition coefficient (Wildman–Crippen LogP) is 3.23. The van der Waals surface area contributed by atoms with Gasteiger partial charge in [0.1, 0.15) is 11.6 Å². The molecule has 156 valence electrons. The van der Waals surface area contributed by atoms with Crippen LogP contribution in [0.2, 0.25) is 0 Å². The van der Waals surface area contributed by atoms with E-state index < -0.39 is 5.91 Å². The molecule has 2 aromatic carbocycles. The molecule has 1 aliphatic heterocycles. The molecule has 7 nitrogen and oxygen atoms in total. The third-order valence-electron chi connectivity index (χ3n) is 5.12. The lowest BCUT2D eigenvalue weighted by atomic mass is 10.1. The fourth-order valence-corrected chi connectivity index (χ4v) is 4.23. The van der Waals surface area contributed by atoms with Crippen LogP contribution in [-0.2, 0) is 4.79 Å². The van der Waals surface area contributed by atoms with Gasteiger partial charge in [-0.3, -0.25) is 14.9 Å². The van der Waals surface area contributed by atoms with Crippen molar-refractivity contribution in [2.45, 2.75) is 0 Å². The maximum absolute atomic E-state index is 12.8. The minimum atomic E-state index is -0.515. The number of thiazole rings is 1. The topological polar surface area (TPSA) is 89.3 Å². The molecule has 0 saturated carbocycles. The first kappa shape index (κ1) is 20.7. The largest absolute Gasteiger partial charge is 0.336 e. The van der Waals surface area contributed by atoms with Gasteiger partial charge in [0.2, 0.25) is 0 Å². The number of amides is 2. The van der Waals surface area contributed by atoms with Crippen molar-refractivity contribution in [2.75, 3.05) is 38.5 Å². The van der Waals surface area contributed by atoms with Crippen molar-refractivity contribution in [3.8, 4) is 6.07 Å². The second-order valence-electron chi connectivity index (χ2n) is 7.33. The molecule has 2 amide bonds. The van der Waals surface area contributed by atoms with Gasteiger partial charge in [-0.05, 0) is 36.9 Å². The highest BCUT2D eigenvalue weighted by molar-refractivity contribution is 7.22. The number of rotatable bonds is 4. The average Bonchev–Trinajstić information content (AvgIpc) is 3.19. The lowest BCUT2D eigenvalue weighted by Crippen LogP contribution is -2.47. The van der Waals surface area contributed by atoms with Crippen molar-refractivity contribution in [3.05, 3.63) is 65.2 Å². The summed E-state index contributed by atoms with van der Waals surface area (Å²) in [6, 6.07) is 16.5. The van der Waals surface area contributed by atoms with Gasteiger partial charge < -0.3 is 9.80 Å². The van der Waals surface area contributed by atoms with Gasteiger partial charge in [0, 0.05) is 31.7 Å². The smallest absolute Gasteiger partial charge is 0.268 e. The van der Waals surface area contributed by atoms with Gasteiger partial charge >= 0.3 is 0 Å². The first-order valence-electron chi connectivity index (χ1n) is 9.90.